The highest BCUT2D eigenvalue weighted by molar-refractivity contribution is 6.31. The number of hydrogen-bond donors (Lipinski definition) is 2. The first-order chi connectivity index (χ1) is 7.19. The summed E-state index contributed by atoms with van der Waals surface area (Å²) in [4.78, 5) is 1.35. The van der Waals surface area contributed by atoms with Crippen LogP contribution in [0.2, 0.25) is 5.02 Å². The summed E-state index contributed by atoms with van der Waals surface area (Å²) in [5.74, 6) is 0. The van der Waals surface area contributed by atoms with Gasteiger partial charge >= 0.3 is 0 Å². The van der Waals surface area contributed by atoms with E-state index in [4.69, 9.17) is 16.7 Å². The molecule has 1 atom stereocenters. The number of benzene rings is 1. The van der Waals surface area contributed by atoms with Crippen LogP contribution in [0, 0.1) is 0 Å². The molecule has 0 saturated carbocycles. The van der Waals surface area contributed by atoms with Crippen LogP contribution >= 0.6 is 11.6 Å². The number of aliphatic hydroxyl groups excluding tert-OH is 2. The minimum atomic E-state index is -0.845. The standard InChI is InChI=1S/C9H10ClN3O2/c10-6-1-2-8-9(3-6)12-13(11-8)4-7(15)5-14/h1-3,7,14-15H,4-5H2. The molecule has 1 heterocycles. The topological polar surface area (TPSA) is 71.2 Å². The van der Waals surface area contributed by atoms with E-state index in [0.717, 1.165) is 0 Å². The Morgan fingerprint density at radius 3 is 2.80 bits per heavy atom. The van der Waals surface area contributed by atoms with Crippen molar-refractivity contribution in [3.05, 3.63) is 23.2 Å². The van der Waals surface area contributed by atoms with Gasteiger partial charge in [0.15, 0.2) is 0 Å². The number of fused-ring (bicyclic) bond motifs is 1. The van der Waals surface area contributed by atoms with Crippen molar-refractivity contribution in [2.24, 2.45) is 0 Å². The fourth-order valence-electron chi connectivity index (χ4n) is 1.26. The van der Waals surface area contributed by atoms with Crippen molar-refractivity contribution in [2.45, 2.75) is 12.6 Å². The summed E-state index contributed by atoms with van der Waals surface area (Å²) >= 11 is 5.79. The van der Waals surface area contributed by atoms with Crippen LogP contribution < -0.4 is 0 Å². The zero-order valence-electron chi connectivity index (χ0n) is 7.84. The molecule has 1 aromatic heterocycles. The Morgan fingerprint density at radius 2 is 2.07 bits per heavy atom. The second kappa shape index (κ2) is 4.14. The smallest absolute Gasteiger partial charge is 0.114 e. The lowest BCUT2D eigenvalue weighted by Crippen LogP contribution is -2.21. The van der Waals surface area contributed by atoms with Crippen LogP contribution in [0.5, 0.6) is 0 Å². The first-order valence-electron chi connectivity index (χ1n) is 4.48. The highest BCUT2D eigenvalue weighted by Crippen LogP contribution is 2.15. The molecular formula is C9H10ClN3O2. The average Bonchev–Trinajstić information content (AvgIpc) is 2.59. The number of aliphatic hydroxyl groups is 2. The number of rotatable bonds is 3. The molecule has 0 aliphatic carbocycles. The molecule has 6 heteroatoms. The van der Waals surface area contributed by atoms with Gasteiger partial charge in [0.1, 0.15) is 11.0 Å². The fourth-order valence-corrected chi connectivity index (χ4v) is 1.43. The van der Waals surface area contributed by atoms with Crippen LogP contribution in [0.1, 0.15) is 0 Å². The third-order valence-corrected chi connectivity index (χ3v) is 2.20. The van der Waals surface area contributed by atoms with E-state index in [1.54, 1.807) is 18.2 Å². The lowest BCUT2D eigenvalue weighted by atomic mass is 10.3. The predicted octanol–water partition coefficient (Wildman–Crippen LogP) is 0.438. The monoisotopic (exact) mass is 227 g/mol. The van der Waals surface area contributed by atoms with E-state index in [1.807, 2.05) is 0 Å². The highest BCUT2D eigenvalue weighted by atomic mass is 35.5. The zero-order valence-corrected chi connectivity index (χ0v) is 8.59. The van der Waals surface area contributed by atoms with E-state index in [-0.39, 0.29) is 13.2 Å². The van der Waals surface area contributed by atoms with Gasteiger partial charge in [0.05, 0.1) is 19.3 Å². The Kier molecular flexibility index (Phi) is 2.86. The molecule has 5 nitrogen and oxygen atoms in total. The third kappa shape index (κ3) is 2.26. The summed E-state index contributed by atoms with van der Waals surface area (Å²) in [7, 11) is 0. The Hall–Kier alpha value is -1.17. The molecule has 80 valence electrons. The molecule has 0 radical (unpaired) electrons. The minimum absolute atomic E-state index is 0.169. The van der Waals surface area contributed by atoms with Gasteiger partial charge < -0.3 is 10.2 Å². The lowest BCUT2D eigenvalue weighted by Gasteiger charge is -2.04. The van der Waals surface area contributed by atoms with Crippen LogP contribution in [0.4, 0.5) is 0 Å². The normalized spacial score (nSPS) is 13.3. The molecule has 2 N–H and O–H groups in total. The maximum atomic E-state index is 9.21. The molecule has 0 fully saturated rings. The summed E-state index contributed by atoms with van der Waals surface area (Å²) in [5.41, 5.74) is 1.39. The van der Waals surface area contributed by atoms with Crippen molar-refractivity contribution < 1.29 is 10.2 Å². The summed E-state index contributed by atoms with van der Waals surface area (Å²) in [6.07, 6.45) is -0.845. The summed E-state index contributed by atoms with van der Waals surface area (Å²) in [6, 6.07) is 5.18. The van der Waals surface area contributed by atoms with Crippen LogP contribution in [-0.4, -0.2) is 37.9 Å². The van der Waals surface area contributed by atoms with Crippen molar-refractivity contribution >= 4 is 22.6 Å². The Balaban J connectivity index is 2.30. The average molecular weight is 228 g/mol. The molecule has 0 saturated heterocycles. The largest absolute Gasteiger partial charge is 0.394 e. The quantitative estimate of drug-likeness (QED) is 0.798. The van der Waals surface area contributed by atoms with Crippen molar-refractivity contribution in [3.8, 4) is 0 Å². The van der Waals surface area contributed by atoms with Gasteiger partial charge in [0.25, 0.3) is 0 Å². The molecule has 0 aliphatic heterocycles. The minimum Gasteiger partial charge on any atom is -0.394 e. The van der Waals surface area contributed by atoms with Crippen LogP contribution in [-0.2, 0) is 6.54 Å². The third-order valence-electron chi connectivity index (χ3n) is 1.97. The lowest BCUT2D eigenvalue weighted by molar-refractivity contribution is 0.0749. The van der Waals surface area contributed by atoms with Gasteiger partial charge in [0, 0.05) is 5.02 Å². The van der Waals surface area contributed by atoms with Gasteiger partial charge in [-0.3, -0.25) is 0 Å². The van der Waals surface area contributed by atoms with E-state index < -0.39 is 6.10 Å². The maximum absolute atomic E-state index is 9.21. The second-order valence-electron chi connectivity index (χ2n) is 3.22. The van der Waals surface area contributed by atoms with Crippen molar-refractivity contribution in [2.75, 3.05) is 6.61 Å². The molecule has 2 aromatic rings. The van der Waals surface area contributed by atoms with E-state index in [2.05, 4.69) is 10.2 Å². The first kappa shape index (κ1) is 10.4. The van der Waals surface area contributed by atoms with Crippen molar-refractivity contribution in [3.63, 3.8) is 0 Å². The van der Waals surface area contributed by atoms with Crippen LogP contribution in [0.15, 0.2) is 18.2 Å². The van der Waals surface area contributed by atoms with E-state index in [9.17, 15) is 5.11 Å². The molecule has 0 amide bonds. The van der Waals surface area contributed by atoms with Crippen molar-refractivity contribution in [1.29, 1.82) is 0 Å². The molecule has 0 spiro atoms. The highest BCUT2D eigenvalue weighted by Gasteiger charge is 2.07. The molecular weight excluding hydrogens is 218 g/mol. The van der Waals surface area contributed by atoms with Crippen LogP contribution in [0.25, 0.3) is 11.0 Å². The number of halogens is 1. The molecule has 0 aliphatic rings. The van der Waals surface area contributed by atoms with E-state index >= 15 is 0 Å². The molecule has 2 rings (SSSR count). The number of nitrogens with zero attached hydrogens (tertiary/aromatic N) is 3. The number of hydrogen-bond acceptors (Lipinski definition) is 4. The fraction of sp³-hybridized carbons (Fsp3) is 0.333. The second-order valence-corrected chi connectivity index (χ2v) is 3.66. The molecule has 0 bridgehead atoms. The Morgan fingerprint density at radius 1 is 1.33 bits per heavy atom. The molecule has 15 heavy (non-hydrogen) atoms. The summed E-state index contributed by atoms with van der Waals surface area (Å²) in [5, 5.41) is 26.7. The van der Waals surface area contributed by atoms with Gasteiger partial charge in [-0.05, 0) is 18.2 Å². The van der Waals surface area contributed by atoms with Gasteiger partial charge in [-0.1, -0.05) is 11.6 Å². The molecule has 1 aromatic carbocycles. The molecule has 1 unspecified atom stereocenters. The summed E-state index contributed by atoms with van der Waals surface area (Å²) in [6.45, 7) is -0.137. The maximum Gasteiger partial charge on any atom is 0.114 e. The van der Waals surface area contributed by atoms with Gasteiger partial charge in [0.2, 0.25) is 0 Å². The zero-order chi connectivity index (χ0) is 10.8. The number of aromatic nitrogens is 3. The Bertz CT molecular complexity index is 471. The predicted molar refractivity (Wildman–Crippen MR) is 55.6 cm³/mol. The first-order valence-corrected chi connectivity index (χ1v) is 4.86. The van der Waals surface area contributed by atoms with Crippen molar-refractivity contribution in [1.82, 2.24) is 15.0 Å². The van der Waals surface area contributed by atoms with E-state index in [1.165, 1.54) is 4.80 Å². The van der Waals surface area contributed by atoms with E-state index in [0.29, 0.717) is 16.1 Å². The van der Waals surface area contributed by atoms with Gasteiger partial charge in [-0.15, -0.1) is 0 Å². The Labute approximate surface area is 90.9 Å². The van der Waals surface area contributed by atoms with Crippen LogP contribution in [0.3, 0.4) is 0 Å². The summed E-state index contributed by atoms with van der Waals surface area (Å²) < 4.78 is 0. The SMILES string of the molecule is OCC(O)Cn1nc2ccc(Cl)cc2n1. The van der Waals surface area contributed by atoms with Gasteiger partial charge in [-0.25, -0.2) is 0 Å². The van der Waals surface area contributed by atoms with Gasteiger partial charge in [-0.2, -0.15) is 15.0 Å².